The lowest BCUT2D eigenvalue weighted by Gasteiger charge is -2.18. The van der Waals surface area contributed by atoms with Crippen LogP contribution in [0.25, 0.3) is 0 Å². The van der Waals surface area contributed by atoms with E-state index in [4.69, 9.17) is 14.2 Å². The van der Waals surface area contributed by atoms with Gasteiger partial charge in [-0.05, 0) is 96.3 Å². The van der Waals surface area contributed by atoms with Crippen molar-refractivity contribution in [3.8, 4) is 0 Å². The second-order valence-corrected chi connectivity index (χ2v) is 18.8. The zero-order valence-corrected chi connectivity index (χ0v) is 45.0. The molecule has 0 N–H and O–H groups in total. The molecule has 0 saturated heterocycles. The van der Waals surface area contributed by atoms with Crippen molar-refractivity contribution in [2.45, 2.75) is 271 Å². The minimum atomic E-state index is -0.798. The molecule has 0 radical (unpaired) electrons. The highest BCUT2D eigenvalue weighted by atomic mass is 16.6. The number of unbranched alkanes of at least 4 members (excludes halogenated alkanes) is 24. The summed E-state index contributed by atoms with van der Waals surface area (Å²) in [7, 11) is 0. The Labute approximate surface area is 426 Å². The average Bonchev–Trinajstić information content (AvgIpc) is 3.35. The lowest BCUT2D eigenvalue weighted by Crippen LogP contribution is -2.30. The summed E-state index contributed by atoms with van der Waals surface area (Å²) >= 11 is 0. The van der Waals surface area contributed by atoms with Crippen molar-refractivity contribution in [1.82, 2.24) is 0 Å². The maximum absolute atomic E-state index is 12.8. The number of carbonyl (C=O) groups is 3. The van der Waals surface area contributed by atoms with E-state index >= 15 is 0 Å². The van der Waals surface area contributed by atoms with Gasteiger partial charge in [-0.1, -0.05) is 246 Å². The third-order valence-corrected chi connectivity index (χ3v) is 12.1. The fraction of sp³-hybridized carbons (Fsp3) is 0.698. The normalized spacial score (nSPS) is 12.8. The molecule has 0 aromatic rings. The van der Waals surface area contributed by atoms with Gasteiger partial charge in [0.15, 0.2) is 6.10 Å². The van der Waals surface area contributed by atoms with Gasteiger partial charge in [0.2, 0.25) is 0 Å². The van der Waals surface area contributed by atoms with Crippen molar-refractivity contribution < 1.29 is 28.6 Å². The zero-order valence-electron chi connectivity index (χ0n) is 45.0. The van der Waals surface area contributed by atoms with Crippen molar-refractivity contribution in [2.75, 3.05) is 13.2 Å². The number of ether oxygens (including phenoxy) is 3. The molecule has 0 aliphatic heterocycles. The van der Waals surface area contributed by atoms with Crippen LogP contribution in [-0.4, -0.2) is 37.2 Å². The third kappa shape index (κ3) is 55.1. The first-order chi connectivity index (χ1) is 34.0. The van der Waals surface area contributed by atoms with Crippen LogP contribution in [0, 0.1) is 0 Å². The molecule has 0 amide bonds. The SMILES string of the molecule is CC/C=C\C/C=C\C/C=C\C/C=C\C/C=C\C/C=C\C/C=C\CCCC(=O)OCC(COC(=O)CCCCCCC)OC(=O)CCCCCCCCCCCCC/C=C\CCCCCCCCCC. The molecule has 0 aliphatic rings. The van der Waals surface area contributed by atoms with E-state index in [-0.39, 0.29) is 37.5 Å². The summed E-state index contributed by atoms with van der Waals surface area (Å²) in [6.07, 6.45) is 76.0. The highest BCUT2D eigenvalue weighted by Gasteiger charge is 2.19. The molecule has 0 aromatic heterocycles. The summed E-state index contributed by atoms with van der Waals surface area (Å²) in [4.78, 5) is 37.8. The van der Waals surface area contributed by atoms with Crippen molar-refractivity contribution in [3.05, 3.63) is 97.2 Å². The summed E-state index contributed by atoms with van der Waals surface area (Å²) in [5, 5.41) is 0. The number of hydrogen-bond acceptors (Lipinski definition) is 6. The van der Waals surface area contributed by atoms with Crippen LogP contribution in [0.15, 0.2) is 97.2 Å². The Morgan fingerprint density at radius 2 is 0.580 bits per heavy atom. The van der Waals surface area contributed by atoms with E-state index in [0.717, 1.165) is 103 Å². The number of carbonyl (C=O) groups excluding carboxylic acids is 3. The summed E-state index contributed by atoms with van der Waals surface area (Å²) in [6.45, 7) is 6.40. The van der Waals surface area contributed by atoms with Crippen LogP contribution in [0.1, 0.15) is 265 Å². The van der Waals surface area contributed by atoms with Gasteiger partial charge in [-0.2, -0.15) is 0 Å². The van der Waals surface area contributed by atoms with Gasteiger partial charge >= 0.3 is 17.9 Å². The van der Waals surface area contributed by atoms with Crippen molar-refractivity contribution in [1.29, 1.82) is 0 Å². The second-order valence-electron chi connectivity index (χ2n) is 18.8. The van der Waals surface area contributed by atoms with E-state index in [1.807, 2.05) is 0 Å². The Morgan fingerprint density at radius 1 is 0.304 bits per heavy atom. The Balaban J connectivity index is 4.21. The monoisotopic (exact) mass is 959 g/mol. The molecule has 69 heavy (non-hydrogen) atoms. The smallest absolute Gasteiger partial charge is 0.306 e. The Hall–Kier alpha value is -3.67. The molecule has 394 valence electrons. The first-order valence-electron chi connectivity index (χ1n) is 28.7. The first-order valence-corrected chi connectivity index (χ1v) is 28.7. The minimum absolute atomic E-state index is 0.0966. The Bertz CT molecular complexity index is 1380. The fourth-order valence-corrected chi connectivity index (χ4v) is 7.78. The molecule has 0 heterocycles. The van der Waals surface area contributed by atoms with Crippen molar-refractivity contribution >= 4 is 17.9 Å². The van der Waals surface area contributed by atoms with Gasteiger partial charge in [0.1, 0.15) is 13.2 Å². The number of esters is 3. The molecular formula is C63H106O6. The van der Waals surface area contributed by atoms with E-state index in [9.17, 15) is 14.4 Å². The largest absolute Gasteiger partial charge is 0.462 e. The summed E-state index contributed by atoms with van der Waals surface area (Å²) in [5.74, 6) is -0.972. The molecule has 1 atom stereocenters. The van der Waals surface area contributed by atoms with Crippen molar-refractivity contribution in [3.63, 3.8) is 0 Å². The van der Waals surface area contributed by atoms with Gasteiger partial charge in [-0.3, -0.25) is 14.4 Å². The number of hydrogen-bond donors (Lipinski definition) is 0. The van der Waals surface area contributed by atoms with Gasteiger partial charge in [-0.15, -0.1) is 0 Å². The highest BCUT2D eigenvalue weighted by Crippen LogP contribution is 2.15. The van der Waals surface area contributed by atoms with E-state index in [1.54, 1.807) is 0 Å². The molecule has 6 heteroatoms. The molecule has 0 saturated carbocycles. The van der Waals surface area contributed by atoms with Gasteiger partial charge < -0.3 is 14.2 Å². The average molecular weight is 960 g/mol. The molecule has 1 unspecified atom stereocenters. The van der Waals surface area contributed by atoms with Gasteiger partial charge in [0, 0.05) is 19.3 Å². The van der Waals surface area contributed by atoms with Gasteiger partial charge in [0.25, 0.3) is 0 Å². The maximum atomic E-state index is 12.8. The summed E-state index contributed by atoms with van der Waals surface area (Å²) in [5.41, 5.74) is 0. The molecule has 0 fully saturated rings. The highest BCUT2D eigenvalue weighted by molar-refractivity contribution is 5.71. The zero-order chi connectivity index (χ0) is 50.0. The standard InChI is InChI=1S/C63H106O6/c1-4-7-10-13-15-17-19-21-23-25-27-29-31-33-35-37-39-41-43-45-47-50-53-56-62(65)68-59-60(58-67-61(64)55-52-49-12-9-6-3)69-63(66)57-54-51-48-46-44-42-40-38-36-34-32-30-28-26-24-22-20-18-16-14-11-8-5-2/h7,10,15,17,21,23,26-29,33,35,39,41,45,47,60H,4-6,8-9,11-14,16,18-20,22,24-25,30-32,34,36-38,40,42-44,46,48-59H2,1-3H3/b10-7-,17-15-,23-21-,28-26-,29-27-,35-33-,41-39-,47-45-. The minimum Gasteiger partial charge on any atom is -0.462 e. The first kappa shape index (κ1) is 65.3. The molecule has 0 rings (SSSR count). The van der Waals surface area contributed by atoms with Gasteiger partial charge in [0.05, 0.1) is 0 Å². The number of rotatable bonds is 51. The summed E-state index contributed by atoms with van der Waals surface area (Å²) < 4.78 is 16.7. The lowest BCUT2D eigenvalue weighted by molar-refractivity contribution is -0.167. The molecule has 0 aromatic carbocycles. The van der Waals surface area contributed by atoms with E-state index in [0.29, 0.717) is 19.3 Å². The number of allylic oxidation sites excluding steroid dienone is 16. The van der Waals surface area contributed by atoms with Crippen LogP contribution in [0.3, 0.4) is 0 Å². The van der Waals surface area contributed by atoms with E-state index in [2.05, 4.69) is 118 Å². The van der Waals surface area contributed by atoms with Crippen LogP contribution >= 0.6 is 0 Å². The molecular weight excluding hydrogens is 853 g/mol. The van der Waals surface area contributed by atoms with Crippen LogP contribution in [0.2, 0.25) is 0 Å². The molecule has 0 bridgehead atoms. The van der Waals surface area contributed by atoms with Crippen LogP contribution in [-0.2, 0) is 28.6 Å². The quantitative estimate of drug-likeness (QED) is 0.0262. The van der Waals surface area contributed by atoms with Crippen molar-refractivity contribution in [2.24, 2.45) is 0 Å². The predicted molar refractivity (Wildman–Crippen MR) is 297 cm³/mol. The van der Waals surface area contributed by atoms with Crippen LogP contribution < -0.4 is 0 Å². The topological polar surface area (TPSA) is 78.9 Å². The summed E-state index contributed by atoms with van der Waals surface area (Å²) in [6, 6.07) is 0. The third-order valence-electron chi connectivity index (χ3n) is 12.1. The van der Waals surface area contributed by atoms with Crippen LogP contribution in [0.5, 0.6) is 0 Å². The second kappa shape index (κ2) is 56.9. The lowest BCUT2D eigenvalue weighted by atomic mass is 10.0. The predicted octanol–water partition coefficient (Wildman–Crippen LogP) is 19.3. The maximum Gasteiger partial charge on any atom is 0.306 e. The van der Waals surface area contributed by atoms with Crippen LogP contribution in [0.4, 0.5) is 0 Å². The Kier molecular flexibility index (Phi) is 53.9. The van der Waals surface area contributed by atoms with E-state index < -0.39 is 6.10 Å². The van der Waals surface area contributed by atoms with E-state index in [1.165, 1.54) is 116 Å². The Morgan fingerprint density at radius 3 is 0.957 bits per heavy atom. The molecule has 0 spiro atoms. The molecule has 6 nitrogen and oxygen atoms in total. The molecule has 0 aliphatic carbocycles. The fourth-order valence-electron chi connectivity index (χ4n) is 7.78. The van der Waals surface area contributed by atoms with Gasteiger partial charge in [-0.25, -0.2) is 0 Å².